The van der Waals surface area contributed by atoms with Gasteiger partial charge in [-0.3, -0.25) is 9.11 Å². The van der Waals surface area contributed by atoms with Crippen LogP contribution in [0, 0.1) is 0 Å². The molecule has 0 aliphatic carbocycles. The first-order valence-electron chi connectivity index (χ1n) is 17.3. The van der Waals surface area contributed by atoms with Crippen molar-refractivity contribution in [1.29, 1.82) is 0 Å². The zero-order valence-electron chi connectivity index (χ0n) is 29.4. The molecular formula is C44H32N4O6S2. The number of benzene rings is 8. The molecule has 10 nitrogen and oxygen atoms in total. The summed E-state index contributed by atoms with van der Waals surface area (Å²) in [6.07, 6.45) is 0. The van der Waals surface area contributed by atoms with Crippen molar-refractivity contribution in [2.45, 2.75) is 9.79 Å². The van der Waals surface area contributed by atoms with E-state index in [1.165, 1.54) is 12.1 Å². The molecule has 0 heterocycles. The van der Waals surface area contributed by atoms with Crippen molar-refractivity contribution in [3.63, 3.8) is 0 Å². The summed E-state index contributed by atoms with van der Waals surface area (Å²) in [7, 11) is -9.16. The predicted molar refractivity (Wildman–Crippen MR) is 222 cm³/mol. The van der Waals surface area contributed by atoms with Crippen LogP contribution in [0.2, 0.25) is 0 Å². The smallest absolute Gasteiger partial charge is 0.295 e. The molecule has 0 aromatic heterocycles. The highest BCUT2D eigenvalue weighted by Crippen LogP contribution is 2.44. The number of fused-ring (bicyclic) bond motifs is 2. The molecule has 0 bridgehead atoms. The van der Waals surface area contributed by atoms with Crippen molar-refractivity contribution in [2.75, 3.05) is 11.5 Å². The number of rotatable bonds is 8. The molecule has 0 unspecified atom stereocenters. The summed E-state index contributed by atoms with van der Waals surface area (Å²) in [5.74, 6) is 0. The van der Waals surface area contributed by atoms with Gasteiger partial charge in [-0.25, -0.2) is 0 Å². The highest BCUT2D eigenvalue weighted by molar-refractivity contribution is 7.86. The Balaban J connectivity index is 1.21. The van der Waals surface area contributed by atoms with Crippen molar-refractivity contribution in [1.82, 2.24) is 0 Å². The van der Waals surface area contributed by atoms with E-state index in [4.69, 9.17) is 21.7 Å². The van der Waals surface area contributed by atoms with Gasteiger partial charge < -0.3 is 11.5 Å². The molecule has 8 aromatic rings. The van der Waals surface area contributed by atoms with Crippen molar-refractivity contribution >= 4 is 64.5 Å². The molecule has 0 fully saturated rings. The second-order valence-corrected chi connectivity index (χ2v) is 15.9. The highest BCUT2D eigenvalue weighted by Gasteiger charge is 2.22. The summed E-state index contributed by atoms with van der Waals surface area (Å²) in [6, 6.07) is 46.0. The normalized spacial score (nSPS) is 12.1. The van der Waals surface area contributed by atoms with E-state index in [2.05, 4.69) is 0 Å². The van der Waals surface area contributed by atoms with Crippen LogP contribution in [0.3, 0.4) is 0 Å². The van der Waals surface area contributed by atoms with E-state index in [1.807, 2.05) is 97.1 Å². The standard InChI is InChI=1S/C44H32N4O6S2/c45-43-35-20-5-3-18-33(35)41(55(49,50)51)25-37(43)28-13-11-12-27(24-28)29-14-7-9-22-39(29)47-48-40-23-10-8-17-32(40)30-15-1-2-16-31(30)38-26-42(56(52,53)54)34-19-4-6-21-36(34)44(38)46/h1-26H,45-46H2,(H,49,50,51)(H,52,53,54). The van der Waals surface area contributed by atoms with Gasteiger partial charge >= 0.3 is 0 Å². The number of azo groups is 1. The lowest BCUT2D eigenvalue weighted by atomic mass is 9.91. The van der Waals surface area contributed by atoms with E-state index < -0.39 is 20.2 Å². The maximum atomic E-state index is 12.6. The largest absolute Gasteiger partial charge is 0.398 e. The summed E-state index contributed by atoms with van der Waals surface area (Å²) < 4.78 is 70.3. The average Bonchev–Trinajstić information content (AvgIpc) is 3.20. The van der Waals surface area contributed by atoms with Gasteiger partial charge in [0.2, 0.25) is 0 Å². The first kappa shape index (κ1) is 36.3. The van der Waals surface area contributed by atoms with E-state index in [-0.39, 0.29) is 9.79 Å². The summed E-state index contributed by atoms with van der Waals surface area (Å²) in [4.78, 5) is -0.484. The Morgan fingerprint density at radius 1 is 0.375 bits per heavy atom. The van der Waals surface area contributed by atoms with Crippen LogP contribution >= 0.6 is 0 Å². The van der Waals surface area contributed by atoms with E-state index in [1.54, 1.807) is 48.5 Å². The molecule has 0 radical (unpaired) electrons. The van der Waals surface area contributed by atoms with E-state index in [9.17, 15) is 25.9 Å². The maximum absolute atomic E-state index is 12.6. The van der Waals surface area contributed by atoms with Crippen molar-refractivity contribution in [3.8, 4) is 44.5 Å². The van der Waals surface area contributed by atoms with Crippen LogP contribution in [0.15, 0.2) is 178 Å². The Morgan fingerprint density at radius 3 is 1.29 bits per heavy atom. The van der Waals surface area contributed by atoms with Crippen LogP contribution in [0.1, 0.15) is 0 Å². The van der Waals surface area contributed by atoms with Crippen LogP contribution in [-0.4, -0.2) is 25.9 Å². The molecule has 0 atom stereocenters. The third kappa shape index (κ3) is 6.67. The molecular weight excluding hydrogens is 745 g/mol. The Kier molecular flexibility index (Phi) is 9.19. The second-order valence-electron chi connectivity index (χ2n) is 13.1. The van der Waals surface area contributed by atoms with Gasteiger partial charge in [0, 0.05) is 55.2 Å². The number of anilines is 2. The number of nitrogens with two attached hydrogens (primary N) is 2. The average molecular weight is 777 g/mol. The van der Waals surface area contributed by atoms with Crippen LogP contribution < -0.4 is 11.5 Å². The Bertz CT molecular complexity index is 3130. The topological polar surface area (TPSA) is 185 Å². The predicted octanol–water partition coefficient (Wildman–Crippen LogP) is 10.7. The summed E-state index contributed by atoms with van der Waals surface area (Å²) in [6.45, 7) is 0. The van der Waals surface area contributed by atoms with Gasteiger partial charge in [0.15, 0.2) is 0 Å². The van der Waals surface area contributed by atoms with Crippen molar-refractivity contribution in [2.24, 2.45) is 10.2 Å². The minimum absolute atomic E-state index is 0.237. The SMILES string of the molecule is Nc1c(-c2cccc(-c3ccccc3N=Nc3ccccc3-c3ccccc3-c3cc(S(=O)(=O)O)c4ccccc4c3N)c2)cc(S(=O)(=O)O)c2ccccc12. The molecule has 12 heteroatoms. The van der Waals surface area contributed by atoms with Crippen LogP contribution in [-0.2, 0) is 20.2 Å². The molecule has 0 saturated carbocycles. The number of hydrogen-bond donors (Lipinski definition) is 4. The van der Waals surface area contributed by atoms with Crippen molar-refractivity contribution in [3.05, 3.63) is 158 Å². The summed E-state index contributed by atoms with van der Waals surface area (Å²) in [5, 5.41) is 11.0. The highest BCUT2D eigenvalue weighted by atomic mass is 32.2. The number of nitrogen functional groups attached to an aromatic ring is 2. The fraction of sp³-hybridized carbons (Fsp3) is 0. The molecule has 8 aromatic carbocycles. The lowest BCUT2D eigenvalue weighted by Gasteiger charge is -2.17. The summed E-state index contributed by atoms with van der Waals surface area (Å²) in [5.41, 5.74) is 20.2. The van der Waals surface area contributed by atoms with Gasteiger partial charge in [0.05, 0.1) is 11.4 Å². The van der Waals surface area contributed by atoms with Gasteiger partial charge in [0.1, 0.15) is 9.79 Å². The third-order valence-corrected chi connectivity index (χ3v) is 11.5. The van der Waals surface area contributed by atoms with Crippen molar-refractivity contribution < 1.29 is 25.9 Å². The fourth-order valence-corrected chi connectivity index (χ4v) is 8.57. The summed E-state index contributed by atoms with van der Waals surface area (Å²) >= 11 is 0. The quantitative estimate of drug-likeness (QED) is 0.0667. The first-order chi connectivity index (χ1) is 26.9. The van der Waals surface area contributed by atoms with Crippen LogP contribution in [0.5, 0.6) is 0 Å². The molecule has 0 spiro atoms. The third-order valence-electron chi connectivity index (χ3n) is 9.72. The lowest BCUT2D eigenvalue weighted by Crippen LogP contribution is -2.03. The van der Waals surface area contributed by atoms with Gasteiger partial charge in [-0.15, -0.1) is 10.2 Å². The van der Waals surface area contributed by atoms with Crippen LogP contribution in [0.4, 0.5) is 22.7 Å². The maximum Gasteiger partial charge on any atom is 0.295 e. The molecule has 8 rings (SSSR count). The molecule has 0 aliphatic rings. The van der Waals surface area contributed by atoms with E-state index >= 15 is 0 Å². The molecule has 0 saturated heterocycles. The molecule has 0 aliphatic heterocycles. The lowest BCUT2D eigenvalue weighted by molar-refractivity contribution is 0.482. The molecule has 0 amide bonds. The van der Waals surface area contributed by atoms with E-state index in [0.717, 1.165) is 11.1 Å². The minimum Gasteiger partial charge on any atom is -0.398 e. The zero-order chi connectivity index (χ0) is 39.2. The van der Waals surface area contributed by atoms with E-state index in [0.29, 0.717) is 77.7 Å². The van der Waals surface area contributed by atoms with Gasteiger partial charge in [0.25, 0.3) is 20.2 Å². The van der Waals surface area contributed by atoms with Gasteiger partial charge in [-0.05, 0) is 52.6 Å². The fourth-order valence-electron chi connectivity index (χ4n) is 7.13. The Labute approximate surface area is 322 Å². The number of hydrogen-bond acceptors (Lipinski definition) is 8. The first-order valence-corrected chi connectivity index (χ1v) is 20.2. The molecule has 276 valence electrons. The Hall–Kier alpha value is -6.70. The minimum atomic E-state index is -4.60. The molecule has 6 N–H and O–H groups in total. The molecule has 56 heavy (non-hydrogen) atoms. The van der Waals surface area contributed by atoms with Gasteiger partial charge in [-0.2, -0.15) is 16.8 Å². The number of nitrogens with zero attached hydrogens (tertiary/aromatic N) is 2. The Morgan fingerprint density at radius 2 is 0.750 bits per heavy atom. The second kappa shape index (κ2) is 14.2. The van der Waals surface area contributed by atoms with Crippen LogP contribution in [0.25, 0.3) is 66.1 Å². The zero-order valence-corrected chi connectivity index (χ0v) is 31.0. The monoisotopic (exact) mass is 776 g/mol. The van der Waals surface area contributed by atoms with Gasteiger partial charge in [-0.1, -0.05) is 127 Å².